The fourth-order valence-electron chi connectivity index (χ4n) is 2.26. The maximum Gasteiger partial charge on any atom is 0.311 e. The van der Waals surface area contributed by atoms with E-state index in [0.29, 0.717) is 29.9 Å². The van der Waals surface area contributed by atoms with Crippen molar-refractivity contribution in [3.05, 3.63) is 63.7 Å². The number of benzene rings is 1. The van der Waals surface area contributed by atoms with Crippen LogP contribution >= 0.6 is 27.3 Å². The number of thiazole rings is 1. The molecule has 6 nitrogen and oxygen atoms in total. The van der Waals surface area contributed by atoms with Gasteiger partial charge in [0.1, 0.15) is 6.61 Å². The number of anilines is 2. The number of carbonyl (C=O) groups is 1. The fraction of sp³-hybridized carbons (Fsp3) is 0.211. The molecule has 2 aromatic heterocycles. The largest absolute Gasteiger partial charge is 0.485 e. The van der Waals surface area contributed by atoms with Crippen LogP contribution in [-0.4, -0.2) is 22.5 Å². The van der Waals surface area contributed by atoms with E-state index in [4.69, 9.17) is 9.47 Å². The molecule has 0 aliphatic rings. The van der Waals surface area contributed by atoms with Crippen molar-refractivity contribution in [2.24, 2.45) is 0 Å². The SMILES string of the molecule is CCOC(=O)Cc1cnc(Nc2ncc(Br)cc2OCc2ccccc2)s1. The number of nitrogens with zero attached hydrogens (tertiary/aromatic N) is 2. The molecule has 0 radical (unpaired) electrons. The number of aromatic nitrogens is 2. The number of esters is 1. The molecule has 0 aliphatic heterocycles. The van der Waals surface area contributed by atoms with Crippen LogP contribution in [0.1, 0.15) is 17.4 Å². The number of pyridine rings is 1. The van der Waals surface area contributed by atoms with Crippen LogP contribution in [0.15, 0.2) is 53.3 Å². The normalized spacial score (nSPS) is 10.4. The molecule has 0 saturated carbocycles. The van der Waals surface area contributed by atoms with Crippen LogP contribution in [0, 0.1) is 0 Å². The van der Waals surface area contributed by atoms with E-state index in [0.717, 1.165) is 14.9 Å². The highest BCUT2D eigenvalue weighted by atomic mass is 79.9. The highest BCUT2D eigenvalue weighted by Gasteiger charge is 2.12. The third kappa shape index (κ3) is 5.77. The van der Waals surface area contributed by atoms with Crippen LogP contribution in [0.5, 0.6) is 5.75 Å². The zero-order valence-corrected chi connectivity index (χ0v) is 17.0. The minimum absolute atomic E-state index is 0.207. The van der Waals surface area contributed by atoms with Crippen molar-refractivity contribution < 1.29 is 14.3 Å². The Bertz CT molecular complexity index is 902. The Morgan fingerprint density at radius 1 is 1.22 bits per heavy atom. The molecule has 0 atom stereocenters. The zero-order chi connectivity index (χ0) is 19.1. The van der Waals surface area contributed by atoms with Crippen molar-refractivity contribution in [3.63, 3.8) is 0 Å². The van der Waals surface area contributed by atoms with Crippen molar-refractivity contribution in [3.8, 4) is 5.75 Å². The van der Waals surface area contributed by atoms with Crippen molar-refractivity contribution >= 4 is 44.2 Å². The van der Waals surface area contributed by atoms with Crippen molar-refractivity contribution in [1.29, 1.82) is 0 Å². The highest BCUT2D eigenvalue weighted by Crippen LogP contribution is 2.31. The molecule has 0 bridgehead atoms. The lowest BCUT2D eigenvalue weighted by Crippen LogP contribution is -2.06. The van der Waals surface area contributed by atoms with E-state index in [1.165, 1.54) is 11.3 Å². The molecule has 0 aliphatic carbocycles. The Labute approximate surface area is 169 Å². The van der Waals surface area contributed by atoms with Gasteiger partial charge in [0, 0.05) is 21.7 Å². The van der Waals surface area contributed by atoms with Gasteiger partial charge in [0.05, 0.1) is 13.0 Å². The smallest absolute Gasteiger partial charge is 0.311 e. The van der Waals surface area contributed by atoms with Crippen LogP contribution in [0.3, 0.4) is 0 Å². The van der Waals surface area contributed by atoms with Crippen LogP contribution < -0.4 is 10.1 Å². The van der Waals surface area contributed by atoms with E-state index in [1.54, 1.807) is 19.3 Å². The molecule has 1 aromatic carbocycles. The summed E-state index contributed by atoms with van der Waals surface area (Å²) in [6.45, 7) is 2.58. The van der Waals surface area contributed by atoms with Crippen molar-refractivity contribution in [2.45, 2.75) is 20.0 Å². The van der Waals surface area contributed by atoms with Gasteiger partial charge < -0.3 is 14.8 Å². The van der Waals surface area contributed by atoms with Crippen LogP contribution in [-0.2, 0) is 22.6 Å². The predicted molar refractivity (Wildman–Crippen MR) is 108 cm³/mol. The van der Waals surface area contributed by atoms with E-state index in [1.807, 2.05) is 36.4 Å². The first kappa shape index (κ1) is 19.3. The van der Waals surface area contributed by atoms with Crippen LogP contribution in [0.25, 0.3) is 0 Å². The van der Waals surface area contributed by atoms with Gasteiger partial charge in [-0.1, -0.05) is 30.3 Å². The van der Waals surface area contributed by atoms with Gasteiger partial charge in [-0.25, -0.2) is 9.97 Å². The summed E-state index contributed by atoms with van der Waals surface area (Å²) in [5.74, 6) is 0.905. The number of halogens is 1. The van der Waals surface area contributed by atoms with Gasteiger partial charge in [-0.05, 0) is 34.5 Å². The molecular weight excluding hydrogens is 430 g/mol. The lowest BCUT2D eigenvalue weighted by molar-refractivity contribution is -0.142. The second kappa shape index (κ2) is 9.48. The molecule has 3 aromatic rings. The summed E-state index contributed by atoms with van der Waals surface area (Å²) < 4.78 is 11.7. The quantitative estimate of drug-likeness (QED) is 0.503. The molecule has 1 N–H and O–H groups in total. The third-order valence-electron chi connectivity index (χ3n) is 3.46. The number of nitrogens with one attached hydrogen (secondary N) is 1. The average molecular weight is 448 g/mol. The third-order valence-corrected chi connectivity index (χ3v) is 4.81. The second-order valence-electron chi connectivity index (χ2n) is 5.51. The Hall–Kier alpha value is -2.45. The van der Waals surface area contributed by atoms with Crippen molar-refractivity contribution in [2.75, 3.05) is 11.9 Å². The van der Waals surface area contributed by atoms with E-state index >= 15 is 0 Å². The average Bonchev–Trinajstić information content (AvgIpc) is 3.09. The molecule has 3 rings (SSSR count). The number of hydrogen-bond donors (Lipinski definition) is 1. The summed E-state index contributed by atoms with van der Waals surface area (Å²) >= 11 is 4.80. The standard InChI is InChI=1S/C19H18BrN3O3S/c1-2-25-17(24)9-15-11-22-19(27-15)23-18-16(8-14(20)10-21-18)26-12-13-6-4-3-5-7-13/h3-8,10-11H,2,9,12H2,1H3,(H,21,22,23). The lowest BCUT2D eigenvalue weighted by atomic mass is 10.2. The fourth-order valence-corrected chi connectivity index (χ4v) is 3.37. The molecular formula is C19H18BrN3O3S. The van der Waals surface area contributed by atoms with Crippen molar-refractivity contribution in [1.82, 2.24) is 9.97 Å². The molecule has 2 heterocycles. The predicted octanol–water partition coefficient (Wildman–Crippen LogP) is 4.73. The van der Waals surface area contributed by atoms with Crippen LogP contribution in [0.2, 0.25) is 0 Å². The number of carbonyl (C=O) groups excluding carboxylic acids is 1. The number of rotatable bonds is 8. The summed E-state index contributed by atoms with van der Waals surface area (Å²) in [4.78, 5) is 21.1. The molecule has 27 heavy (non-hydrogen) atoms. The molecule has 8 heteroatoms. The summed E-state index contributed by atoms with van der Waals surface area (Å²) in [5, 5.41) is 3.79. The van der Waals surface area contributed by atoms with Crippen LogP contribution in [0.4, 0.5) is 10.9 Å². The number of ether oxygens (including phenoxy) is 2. The molecule has 0 fully saturated rings. The monoisotopic (exact) mass is 447 g/mol. The maximum absolute atomic E-state index is 11.6. The zero-order valence-electron chi connectivity index (χ0n) is 14.6. The van der Waals surface area contributed by atoms with Gasteiger partial charge in [-0.3, -0.25) is 4.79 Å². The maximum atomic E-state index is 11.6. The van der Waals surface area contributed by atoms with Gasteiger partial charge in [0.15, 0.2) is 16.7 Å². The summed E-state index contributed by atoms with van der Waals surface area (Å²) in [7, 11) is 0. The van der Waals surface area contributed by atoms with E-state index < -0.39 is 0 Å². The van der Waals surface area contributed by atoms with Gasteiger partial charge in [0.2, 0.25) is 0 Å². The first-order valence-corrected chi connectivity index (χ1v) is 9.94. The summed E-state index contributed by atoms with van der Waals surface area (Å²) in [6, 6.07) is 11.8. The first-order chi connectivity index (χ1) is 13.1. The van der Waals surface area contributed by atoms with Gasteiger partial charge in [-0.15, -0.1) is 11.3 Å². The first-order valence-electron chi connectivity index (χ1n) is 8.33. The highest BCUT2D eigenvalue weighted by molar-refractivity contribution is 9.10. The molecule has 140 valence electrons. The Balaban J connectivity index is 1.69. The lowest BCUT2D eigenvalue weighted by Gasteiger charge is -2.11. The topological polar surface area (TPSA) is 73.3 Å². The summed E-state index contributed by atoms with van der Waals surface area (Å²) in [5.41, 5.74) is 1.06. The molecule has 0 saturated heterocycles. The van der Waals surface area contributed by atoms with E-state index in [2.05, 4.69) is 31.2 Å². The van der Waals surface area contributed by atoms with Gasteiger partial charge >= 0.3 is 5.97 Å². The Morgan fingerprint density at radius 2 is 2.04 bits per heavy atom. The minimum atomic E-state index is -0.263. The molecule has 0 amide bonds. The minimum Gasteiger partial charge on any atom is -0.485 e. The Morgan fingerprint density at radius 3 is 2.81 bits per heavy atom. The Kier molecular flexibility index (Phi) is 6.78. The van der Waals surface area contributed by atoms with E-state index in [-0.39, 0.29) is 12.4 Å². The van der Waals surface area contributed by atoms with E-state index in [9.17, 15) is 4.79 Å². The number of hydrogen-bond acceptors (Lipinski definition) is 7. The summed E-state index contributed by atoms with van der Waals surface area (Å²) in [6.07, 6.45) is 3.55. The van der Waals surface area contributed by atoms with Gasteiger partial charge in [0.25, 0.3) is 0 Å². The molecule has 0 spiro atoms. The second-order valence-corrected chi connectivity index (χ2v) is 7.54. The molecule has 0 unspecified atom stereocenters. The van der Waals surface area contributed by atoms with Gasteiger partial charge in [-0.2, -0.15) is 0 Å².